The summed E-state index contributed by atoms with van der Waals surface area (Å²) in [5, 5.41) is 6.63. The molecule has 0 radical (unpaired) electrons. The molecule has 0 saturated heterocycles. The van der Waals surface area contributed by atoms with Gasteiger partial charge in [0.05, 0.1) is 18.5 Å². The van der Waals surface area contributed by atoms with Crippen LogP contribution in [0.4, 0.5) is 5.69 Å². The number of hydrogen-bond acceptors (Lipinski definition) is 6. The molecule has 1 heterocycles. The fraction of sp³-hybridized carbons (Fsp3) is 0.286. The van der Waals surface area contributed by atoms with E-state index in [1.807, 2.05) is 49.4 Å². The standard InChI is InChI=1S/C21H24N4O4S/c1-16-10-12-18(13-11-16)25(30(2,27)28)14-6-9-19(26)22-15-20-23-21(24-29-20)17-7-4-3-5-8-17/h3-5,7-8,10-13H,6,9,14-15H2,1-2H3,(H,22,26). The van der Waals surface area contributed by atoms with Gasteiger partial charge in [-0.1, -0.05) is 53.2 Å². The van der Waals surface area contributed by atoms with E-state index in [1.165, 1.54) is 4.31 Å². The van der Waals surface area contributed by atoms with Crippen LogP contribution in [0.1, 0.15) is 24.3 Å². The van der Waals surface area contributed by atoms with E-state index in [0.29, 0.717) is 23.8 Å². The Bertz CT molecular complexity index is 1080. The van der Waals surface area contributed by atoms with Gasteiger partial charge in [0, 0.05) is 18.5 Å². The minimum atomic E-state index is -3.44. The number of amides is 1. The second kappa shape index (κ2) is 9.53. The molecule has 3 rings (SSSR count). The van der Waals surface area contributed by atoms with E-state index >= 15 is 0 Å². The summed E-state index contributed by atoms with van der Waals surface area (Å²) >= 11 is 0. The van der Waals surface area contributed by atoms with Gasteiger partial charge in [-0.3, -0.25) is 9.10 Å². The highest BCUT2D eigenvalue weighted by Crippen LogP contribution is 2.19. The van der Waals surface area contributed by atoms with E-state index in [4.69, 9.17) is 4.52 Å². The third-order valence-electron chi connectivity index (χ3n) is 4.42. The molecule has 1 aromatic heterocycles. The van der Waals surface area contributed by atoms with Crippen LogP contribution in [0.25, 0.3) is 11.4 Å². The first-order valence-electron chi connectivity index (χ1n) is 9.52. The van der Waals surface area contributed by atoms with Gasteiger partial charge in [-0.25, -0.2) is 8.42 Å². The van der Waals surface area contributed by atoms with Crippen molar-refractivity contribution < 1.29 is 17.7 Å². The number of nitrogens with one attached hydrogen (secondary N) is 1. The van der Waals surface area contributed by atoms with Crippen molar-refractivity contribution in [3.8, 4) is 11.4 Å². The van der Waals surface area contributed by atoms with Gasteiger partial charge in [-0.15, -0.1) is 0 Å². The minimum Gasteiger partial charge on any atom is -0.347 e. The number of sulfonamides is 1. The molecule has 0 aliphatic carbocycles. The average molecular weight is 429 g/mol. The van der Waals surface area contributed by atoms with Crippen LogP contribution in [0.3, 0.4) is 0 Å². The Morgan fingerprint density at radius 1 is 1.10 bits per heavy atom. The van der Waals surface area contributed by atoms with Gasteiger partial charge >= 0.3 is 0 Å². The maximum atomic E-state index is 12.1. The lowest BCUT2D eigenvalue weighted by atomic mass is 10.2. The molecule has 2 aromatic carbocycles. The molecule has 0 unspecified atom stereocenters. The molecule has 9 heteroatoms. The van der Waals surface area contributed by atoms with E-state index < -0.39 is 10.0 Å². The first-order valence-corrected chi connectivity index (χ1v) is 11.4. The van der Waals surface area contributed by atoms with Crippen molar-refractivity contribution in [2.45, 2.75) is 26.3 Å². The summed E-state index contributed by atoms with van der Waals surface area (Å²) in [7, 11) is -3.44. The Morgan fingerprint density at radius 2 is 1.80 bits per heavy atom. The third-order valence-corrected chi connectivity index (χ3v) is 5.62. The molecule has 3 aromatic rings. The lowest BCUT2D eigenvalue weighted by Gasteiger charge is -2.22. The molecule has 0 fully saturated rings. The number of benzene rings is 2. The quantitative estimate of drug-likeness (QED) is 0.562. The number of anilines is 1. The number of aryl methyl sites for hydroxylation is 1. The number of nitrogens with zero attached hydrogens (tertiary/aromatic N) is 3. The zero-order chi connectivity index (χ0) is 21.6. The summed E-state index contributed by atoms with van der Waals surface area (Å²) in [5.41, 5.74) is 2.46. The monoisotopic (exact) mass is 428 g/mol. The average Bonchev–Trinajstić information content (AvgIpc) is 3.19. The smallest absolute Gasteiger partial charge is 0.246 e. The van der Waals surface area contributed by atoms with Gasteiger partial charge in [0.25, 0.3) is 0 Å². The Kier molecular flexibility index (Phi) is 6.83. The maximum Gasteiger partial charge on any atom is 0.246 e. The Morgan fingerprint density at radius 3 is 2.47 bits per heavy atom. The van der Waals surface area contributed by atoms with Crippen LogP contribution >= 0.6 is 0 Å². The molecule has 1 N–H and O–H groups in total. The minimum absolute atomic E-state index is 0.117. The number of aromatic nitrogens is 2. The Balaban J connectivity index is 1.49. The number of carbonyl (C=O) groups is 1. The van der Waals surface area contributed by atoms with Crippen LogP contribution in [-0.2, 0) is 21.4 Å². The van der Waals surface area contributed by atoms with Crippen molar-refractivity contribution in [2.75, 3.05) is 17.1 Å². The van der Waals surface area contributed by atoms with Crippen molar-refractivity contribution in [2.24, 2.45) is 0 Å². The van der Waals surface area contributed by atoms with Crippen LogP contribution in [0.2, 0.25) is 0 Å². The molecule has 8 nitrogen and oxygen atoms in total. The molecule has 0 atom stereocenters. The van der Waals surface area contributed by atoms with Crippen molar-refractivity contribution in [3.05, 3.63) is 66.1 Å². The topological polar surface area (TPSA) is 105 Å². The highest BCUT2D eigenvalue weighted by molar-refractivity contribution is 7.92. The molecule has 0 spiro atoms. The fourth-order valence-corrected chi connectivity index (χ4v) is 3.84. The van der Waals surface area contributed by atoms with E-state index in [-0.39, 0.29) is 25.4 Å². The van der Waals surface area contributed by atoms with Gasteiger partial charge < -0.3 is 9.84 Å². The predicted molar refractivity (Wildman–Crippen MR) is 114 cm³/mol. The molecular formula is C21H24N4O4S. The lowest BCUT2D eigenvalue weighted by Crippen LogP contribution is -2.32. The van der Waals surface area contributed by atoms with E-state index in [2.05, 4.69) is 15.5 Å². The first kappa shape index (κ1) is 21.5. The zero-order valence-electron chi connectivity index (χ0n) is 16.9. The molecule has 0 saturated carbocycles. The van der Waals surface area contributed by atoms with Crippen LogP contribution in [0, 0.1) is 6.92 Å². The van der Waals surface area contributed by atoms with Crippen LogP contribution in [0.15, 0.2) is 59.1 Å². The van der Waals surface area contributed by atoms with Gasteiger partial charge in [-0.2, -0.15) is 4.98 Å². The predicted octanol–water partition coefficient (Wildman–Crippen LogP) is 2.91. The summed E-state index contributed by atoms with van der Waals surface area (Å²) in [5.74, 6) is 0.549. The molecule has 0 aliphatic rings. The van der Waals surface area contributed by atoms with Crippen LogP contribution in [-0.4, -0.2) is 37.3 Å². The summed E-state index contributed by atoms with van der Waals surface area (Å²) in [4.78, 5) is 16.4. The van der Waals surface area contributed by atoms with E-state index in [9.17, 15) is 13.2 Å². The van der Waals surface area contributed by atoms with E-state index in [0.717, 1.165) is 17.4 Å². The van der Waals surface area contributed by atoms with E-state index in [1.54, 1.807) is 12.1 Å². The highest BCUT2D eigenvalue weighted by Gasteiger charge is 2.17. The van der Waals surface area contributed by atoms with Crippen molar-refractivity contribution >= 4 is 21.6 Å². The van der Waals surface area contributed by atoms with Crippen LogP contribution in [0.5, 0.6) is 0 Å². The first-order chi connectivity index (χ1) is 14.3. The normalized spacial score (nSPS) is 11.3. The molecular weight excluding hydrogens is 404 g/mol. The summed E-state index contributed by atoms with van der Waals surface area (Å²) in [6.45, 7) is 2.27. The molecule has 0 bridgehead atoms. The molecule has 0 aliphatic heterocycles. The Labute approximate surface area is 176 Å². The summed E-state index contributed by atoms with van der Waals surface area (Å²) < 4.78 is 30.7. The van der Waals surface area contributed by atoms with Crippen molar-refractivity contribution in [3.63, 3.8) is 0 Å². The molecule has 1 amide bonds. The number of hydrogen-bond donors (Lipinski definition) is 1. The fourth-order valence-electron chi connectivity index (χ4n) is 2.87. The van der Waals surface area contributed by atoms with Gasteiger partial charge in [0.1, 0.15) is 0 Å². The zero-order valence-corrected chi connectivity index (χ0v) is 17.7. The Hall–Kier alpha value is -3.20. The van der Waals surface area contributed by atoms with Gasteiger partial charge in [-0.05, 0) is 25.5 Å². The van der Waals surface area contributed by atoms with Crippen molar-refractivity contribution in [1.82, 2.24) is 15.5 Å². The third kappa shape index (κ3) is 5.90. The van der Waals surface area contributed by atoms with Gasteiger partial charge in [0.2, 0.25) is 27.6 Å². The molecule has 30 heavy (non-hydrogen) atoms. The number of rotatable bonds is 9. The SMILES string of the molecule is Cc1ccc(N(CCCC(=O)NCc2nc(-c3ccccc3)no2)S(C)(=O)=O)cc1. The van der Waals surface area contributed by atoms with Gasteiger partial charge in [0.15, 0.2) is 0 Å². The largest absolute Gasteiger partial charge is 0.347 e. The summed E-state index contributed by atoms with van der Waals surface area (Å²) in [6, 6.07) is 16.6. The second-order valence-corrected chi connectivity index (χ2v) is 8.84. The highest BCUT2D eigenvalue weighted by atomic mass is 32.2. The lowest BCUT2D eigenvalue weighted by molar-refractivity contribution is -0.121. The summed E-state index contributed by atoms with van der Waals surface area (Å²) in [6.07, 6.45) is 1.72. The molecule has 158 valence electrons. The van der Waals surface area contributed by atoms with Crippen molar-refractivity contribution in [1.29, 1.82) is 0 Å². The van der Waals surface area contributed by atoms with Crippen LogP contribution < -0.4 is 9.62 Å². The second-order valence-electron chi connectivity index (χ2n) is 6.93. The maximum absolute atomic E-state index is 12.1. The number of carbonyl (C=O) groups excluding carboxylic acids is 1.